The van der Waals surface area contributed by atoms with E-state index in [1.165, 1.54) is 19.2 Å². The molecule has 1 aromatic carbocycles. The molecule has 0 atom stereocenters. The van der Waals surface area contributed by atoms with E-state index in [0.29, 0.717) is 6.54 Å². The molecule has 0 spiro atoms. The van der Waals surface area contributed by atoms with Gasteiger partial charge in [0.25, 0.3) is 0 Å². The Labute approximate surface area is 119 Å². The summed E-state index contributed by atoms with van der Waals surface area (Å²) in [5.74, 6) is 5.39. The quantitative estimate of drug-likeness (QED) is 0.628. The van der Waals surface area contributed by atoms with Crippen LogP contribution in [-0.2, 0) is 9.53 Å². The molecular formula is C16H20FNO2. The number of rotatable bonds is 3. The third kappa shape index (κ3) is 5.41. The average Bonchev–Trinajstić information content (AvgIpc) is 2.38. The summed E-state index contributed by atoms with van der Waals surface area (Å²) >= 11 is 0. The maximum Gasteiger partial charge on any atom is 0.319 e. The standard InChI is InChI=1S/C16H20FNO2/c1-16(2,3)18(12-15(19)20-4)11-5-6-13-7-9-14(17)10-8-13/h7-10H,11-12H2,1-4H3. The van der Waals surface area contributed by atoms with E-state index in [1.54, 1.807) is 12.1 Å². The zero-order chi connectivity index (χ0) is 15.2. The fourth-order valence-electron chi connectivity index (χ4n) is 1.52. The van der Waals surface area contributed by atoms with Gasteiger partial charge in [0, 0.05) is 11.1 Å². The van der Waals surface area contributed by atoms with Crippen LogP contribution in [0.1, 0.15) is 26.3 Å². The first-order valence-corrected chi connectivity index (χ1v) is 6.39. The normalized spacial score (nSPS) is 10.9. The molecule has 0 heterocycles. The van der Waals surface area contributed by atoms with Crippen molar-refractivity contribution in [1.82, 2.24) is 4.90 Å². The molecule has 4 heteroatoms. The van der Waals surface area contributed by atoms with Gasteiger partial charge in [-0.3, -0.25) is 9.69 Å². The predicted molar refractivity (Wildman–Crippen MR) is 76.6 cm³/mol. The molecule has 108 valence electrons. The fourth-order valence-corrected chi connectivity index (χ4v) is 1.52. The molecule has 0 amide bonds. The second kappa shape index (κ2) is 7.06. The van der Waals surface area contributed by atoms with E-state index < -0.39 is 0 Å². The molecule has 0 saturated heterocycles. The number of halogens is 1. The molecule has 3 nitrogen and oxygen atoms in total. The maximum atomic E-state index is 12.8. The minimum absolute atomic E-state index is 0.189. The molecule has 0 aliphatic carbocycles. The Morgan fingerprint density at radius 3 is 2.40 bits per heavy atom. The van der Waals surface area contributed by atoms with Gasteiger partial charge in [-0.1, -0.05) is 11.8 Å². The highest BCUT2D eigenvalue weighted by atomic mass is 19.1. The second-order valence-corrected chi connectivity index (χ2v) is 5.41. The number of hydrogen-bond donors (Lipinski definition) is 0. The lowest BCUT2D eigenvalue weighted by Crippen LogP contribution is -2.44. The van der Waals surface area contributed by atoms with Gasteiger partial charge in [-0.05, 0) is 45.0 Å². The van der Waals surface area contributed by atoms with Crippen LogP contribution in [0.2, 0.25) is 0 Å². The van der Waals surface area contributed by atoms with Crippen molar-refractivity contribution in [2.75, 3.05) is 20.2 Å². The van der Waals surface area contributed by atoms with Crippen molar-refractivity contribution in [2.45, 2.75) is 26.3 Å². The Bertz CT molecular complexity index is 506. The topological polar surface area (TPSA) is 29.5 Å². The Kier molecular flexibility index (Phi) is 5.72. The van der Waals surface area contributed by atoms with Crippen molar-refractivity contribution in [2.24, 2.45) is 0 Å². The monoisotopic (exact) mass is 277 g/mol. The summed E-state index contributed by atoms with van der Waals surface area (Å²) in [6, 6.07) is 6.01. The molecule has 0 aliphatic rings. The van der Waals surface area contributed by atoms with Gasteiger partial charge in [0.2, 0.25) is 0 Å². The molecule has 0 saturated carbocycles. The zero-order valence-corrected chi connectivity index (χ0v) is 12.4. The van der Waals surface area contributed by atoms with E-state index in [4.69, 9.17) is 0 Å². The lowest BCUT2D eigenvalue weighted by atomic mass is 10.1. The molecule has 0 fully saturated rings. The van der Waals surface area contributed by atoms with Crippen LogP contribution < -0.4 is 0 Å². The average molecular weight is 277 g/mol. The van der Waals surface area contributed by atoms with E-state index in [2.05, 4.69) is 16.6 Å². The zero-order valence-electron chi connectivity index (χ0n) is 12.4. The van der Waals surface area contributed by atoms with E-state index >= 15 is 0 Å². The molecule has 1 rings (SSSR count). The van der Waals surface area contributed by atoms with Crippen molar-refractivity contribution in [3.05, 3.63) is 35.6 Å². The van der Waals surface area contributed by atoms with Crippen molar-refractivity contribution < 1.29 is 13.9 Å². The minimum atomic E-state index is -0.288. The van der Waals surface area contributed by atoms with Gasteiger partial charge in [0.1, 0.15) is 5.82 Å². The summed E-state index contributed by atoms with van der Waals surface area (Å²) in [7, 11) is 1.37. The van der Waals surface area contributed by atoms with Crippen molar-refractivity contribution in [3.8, 4) is 11.8 Å². The van der Waals surface area contributed by atoms with Crippen molar-refractivity contribution in [3.63, 3.8) is 0 Å². The van der Waals surface area contributed by atoms with Gasteiger partial charge in [-0.2, -0.15) is 0 Å². The number of methoxy groups -OCH3 is 1. The van der Waals surface area contributed by atoms with Crippen LogP contribution in [0.5, 0.6) is 0 Å². The van der Waals surface area contributed by atoms with Crippen LogP contribution in [-0.4, -0.2) is 36.6 Å². The molecule has 0 aliphatic heterocycles. The molecule has 1 aromatic rings. The number of nitrogens with zero attached hydrogens (tertiary/aromatic N) is 1. The summed E-state index contributed by atoms with van der Waals surface area (Å²) in [5, 5.41) is 0. The predicted octanol–water partition coefficient (Wildman–Crippen LogP) is 2.45. The van der Waals surface area contributed by atoms with Crippen LogP contribution in [0.4, 0.5) is 4.39 Å². The molecule has 20 heavy (non-hydrogen) atoms. The van der Waals surface area contributed by atoms with Gasteiger partial charge >= 0.3 is 5.97 Å². The Hall–Kier alpha value is -1.86. The Morgan fingerprint density at radius 1 is 1.30 bits per heavy atom. The van der Waals surface area contributed by atoms with Gasteiger partial charge in [-0.15, -0.1) is 0 Å². The van der Waals surface area contributed by atoms with E-state index in [-0.39, 0.29) is 23.9 Å². The van der Waals surface area contributed by atoms with Crippen LogP contribution in [0.25, 0.3) is 0 Å². The Morgan fingerprint density at radius 2 is 1.90 bits per heavy atom. The highest BCUT2D eigenvalue weighted by molar-refractivity contribution is 5.71. The smallest absolute Gasteiger partial charge is 0.319 e. The summed E-state index contributed by atoms with van der Waals surface area (Å²) < 4.78 is 17.5. The van der Waals surface area contributed by atoms with Crippen LogP contribution in [0.15, 0.2) is 24.3 Å². The first-order chi connectivity index (χ1) is 9.32. The maximum absolute atomic E-state index is 12.8. The van der Waals surface area contributed by atoms with Gasteiger partial charge in [-0.25, -0.2) is 4.39 Å². The number of hydrogen-bond acceptors (Lipinski definition) is 3. The Balaban J connectivity index is 2.72. The fraction of sp³-hybridized carbons (Fsp3) is 0.438. The van der Waals surface area contributed by atoms with Crippen LogP contribution in [0, 0.1) is 17.7 Å². The van der Waals surface area contributed by atoms with Crippen molar-refractivity contribution in [1.29, 1.82) is 0 Å². The highest BCUT2D eigenvalue weighted by Gasteiger charge is 2.22. The van der Waals surface area contributed by atoms with Gasteiger partial charge < -0.3 is 4.74 Å². The minimum Gasteiger partial charge on any atom is -0.468 e. The molecule has 0 radical (unpaired) electrons. The SMILES string of the molecule is COC(=O)CN(CC#Cc1ccc(F)cc1)C(C)(C)C. The summed E-state index contributed by atoms with van der Waals surface area (Å²) in [6.07, 6.45) is 0. The van der Waals surface area contributed by atoms with Crippen LogP contribution >= 0.6 is 0 Å². The molecule has 0 aromatic heterocycles. The highest BCUT2D eigenvalue weighted by Crippen LogP contribution is 2.12. The van der Waals surface area contributed by atoms with Gasteiger partial charge in [0.05, 0.1) is 20.2 Å². The first-order valence-electron chi connectivity index (χ1n) is 6.39. The molecule has 0 N–H and O–H groups in total. The summed E-state index contributed by atoms with van der Waals surface area (Å²) in [5.41, 5.74) is 0.560. The number of benzene rings is 1. The number of ether oxygens (including phenoxy) is 1. The lowest BCUT2D eigenvalue weighted by Gasteiger charge is -2.32. The third-order valence-electron chi connectivity index (χ3n) is 2.84. The van der Waals surface area contributed by atoms with E-state index in [9.17, 15) is 9.18 Å². The van der Waals surface area contributed by atoms with Crippen molar-refractivity contribution >= 4 is 5.97 Å². The largest absolute Gasteiger partial charge is 0.468 e. The van der Waals surface area contributed by atoms with Crippen LogP contribution in [0.3, 0.4) is 0 Å². The van der Waals surface area contributed by atoms with E-state index in [0.717, 1.165) is 5.56 Å². The molecular weight excluding hydrogens is 257 g/mol. The number of carbonyl (C=O) groups is 1. The lowest BCUT2D eigenvalue weighted by molar-refractivity contribution is -0.143. The third-order valence-corrected chi connectivity index (χ3v) is 2.84. The summed E-state index contributed by atoms with van der Waals surface area (Å²) in [6.45, 7) is 6.66. The van der Waals surface area contributed by atoms with Gasteiger partial charge in [0.15, 0.2) is 0 Å². The molecule has 0 unspecified atom stereocenters. The number of esters is 1. The first kappa shape index (κ1) is 16.2. The number of carbonyl (C=O) groups excluding carboxylic acids is 1. The summed E-state index contributed by atoms with van der Waals surface area (Å²) in [4.78, 5) is 13.3. The second-order valence-electron chi connectivity index (χ2n) is 5.41. The molecule has 0 bridgehead atoms. The van der Waals surface area contributed by atoms with E-state index in [1.807, 2.05) is 25.7 Å².